The van der Waals surface area contributed by atoms with Gasteiger partial charge < -0.3 is 10.4 Å². The first-order valence-corrected chi connectivity index (χ1v) is 6.87. The largest absolute Gasteiger partial charge is 0.506 e. The Hall–Kier alpha value is -1.88. The number of rotatable bonds is 3. The number of para-hydroxylation sites is 2. The topological polar surface area (TPSA) is 62.2 Å². The number of phenols is 1. The van der Waals surface area contributed by atoms with E-state index in [4.69, 9.17) is 0 Å². The highest BCUT2D eigenvalue weighted by Gasteiger charge is 2.19. The highest BCUT2D eigenvalue weighted by atomic mass is 32.1. The number of hydrogen-bond donors (Lipinski definition) is 2. The van der Waals surface area contributed by atoms with Gasteiger partial charge in [0.05, 0.1) is 16.4 Å². The van der Waals surface area contributed by atoms with Crippen LogP contribution in [-0.2, 0) is 0 Å². The Kier molecular flexibility index (Phi) is 3.85. The molecular formula is C14H16N2O2S. The summed E-state index contributed by atoms with van der Waals surface area (Å²) in [5, 5.41) is 13.2. The molecule has 0 atom stereocenters. The molecule has 0 fully saturated rings. The molecule has 0 aliphatic heterocycles. The molecule has 2 rings (SSSR count). The molecule has 19 heavy (non-hydrogen) atoms. The number of anilines is 1. The molecular weight excluding hydrogens is 260 g/mol. The summed E-state index contributed by atoms with van der Waals surface area (Å²) in [6, 6.07) is 6.67. The van der Waals surface area contributed by atoms with E-state index in [9.17, 15) is 9.90 Å². The van der Waals surface area contributed by atoms with Crippen LogP contribution in [0.4, 0.5) is 5.69 Å². The van der Waals surface area contributed by atoms with Crippen LogP contribution in [0.2, 0.25) is 0 Å². The van der Waals surface area contributed by atoms with E-state index >= 15 is 0 Å². The molecule has 0 unspecified atom stereocenters. The molecule has 0 aliphatic rings. The Morgan fingerprint density at radius 1 is 1.37 bits per heavy atom. The first-order valence-electron chi connectivity index (χ1n) is 6.05. The number of carbonyl (C=O) groups is 1. The summed E-state index contributed by atoms with van der Waals surface area (Å²) in [7, 11) is 0. The minimum absolute atomic E-state index is 0.0585. The summed E-state index contributed by atoms with van der Waals surface area (Å²) < 4.78 is 0. The number of phenolic OH excluding ortho intramolecular Hbond substituents is 1. The molecule has 1 heterocycles. The molecule has 2 aromatic rings. The number of nitrogens with one attached hydrogen (secondary N) is 1. The van der Waals surface area contributed by atoms with Crippen LogP contribution in [0.3, 0.4) is 0 Å². The predicted octanol–water partition coefficient (Wildman–Crippen LogP) is 3.53. The van der Waals surface area contributed by atoms with Gasteiger partial charge >= 0.3 is 0 Å². The molecule has 0 aliphatic carbocycles. The molecule has 0 radical (unpaired) electrons. The van der Waals surface area contributed by atoms with Gasteiger partial charge in [-0.25, -0.2) is 4.98 Å². The maximum Gasteiger partial charge on any atom is 0.267 e. The van der Waals surface area contributed by atoms with E-state index in [1.54, 1.807) is 18.2 Å². The van der Waals surface area contributed by atoms with Gasteiger partial charge in [0.2, 0.25) is 0 Å². The first-order chi connectivity index (χ1) is 8.99. The molecule has 1 aromatic carbocycles. The number of thiazole rings is 1. The van der Waals surface area contributed by atoms with Crippen LogP contribution >= 0.6 is 11.3 Å². The number of aryl methyl sites for hydroxylation is 1. The van der Waals surface area contributed by atoms with Gasteiger partial charge in [-0.15, -0.1) is 11.3 Å². The minimum atomic E-state index is -0.226. The van der Waals surface area contributed by atoms with Crippen LogP contribution in [0.1, 0.15) is 40.1 Å². The van der Waals surface area contributed by atoms with Crippen LogP contribution in [-0.4, -0.2) is 16.0 Å². The van der Waals surface area contributed by atoms with Gasteiger partial charge in [-0.1, -0.05) is 26.0 Å². The van der Waals surface area contributed by atoms with E-state index in [1.807, 2.05) is 20.8 Å². The molecule has 0 saturated carbocycles. The van der Waals surface area contributed by atoms with Gasteiger partial charge in [0.1, 0.15) is 10.6 Å². The quantitative estimate of drug-likeness (QED) is 0.843. The van der Waals surface area contributed by atoms with Crippen molar-refractivity contribution in [3.05, 3.63) is 39.8 Å². The van der Waals surface area contributed by atoms with Crippen molar-refractivity contribution in [2.75, 3.05) is 5.32 Å². The average Bonchev–Trinajstić information content (AvgIpc) is 2.74. The van der Waals surface area contributed by atoms with Gasteiger partial charge in [-0.2, -0.15) is 0 Å². The lowest BCUT2D eigenvalue weighted by Crippen LogP contribution is -2.13. The summed E-state index contributed by atoms with van der Waals surface area (Å²) in [6.07, 6.45) is 0. The Balaban J connectivity index is 2.28. The Labute approximate surface area is 116 Å². The smallest absolute Gasteiger partial charge is 0.267 e. The van der Waals surface area contributed by atoms with Crippen molar-refractivity contribution in [1.82, 2.24) is 4.98 Å². The maximum atomic E-state index is 12.3. The standard InChI is InChI=1S/C14H16N2O2S/c1-8(2)12-13(19-9(3)15-12)14(18)16-10-6-4-5-7-11(10)17/h4-8,17H,1-3H3,(H,16,18). The highest BCUT2D eigenvalue weighted by molar-refractivity contribution is 7.13. The molecule has 1 aromatic heterocycles. The zero-order chi connectivity index (χ0) is 14.0. The van der Waals surface area contributed by atoms with Crippen molar-refractivity contribution in [3.63, 3.8) is 0 Å². The van der Waals surface area contributed by atoms with E-state index in [1.165, 1.54) is 17.4 Å². The zero-order valence-electron chi connectivity index (χ0n) is 11.1. The third-order valence-corrected chi connectivity index (χ3v) is 3.65. The molecule has 0 spiro atoms. The monoisotopic (exact) mass is 276 g/mol. The lowest BCUT2D eigenvalue weighted by molar-refractivity contribution is 0.102. The third-order valence-electron chi connectivity index (χ3n) is 2.67. The van der Waals surface area contributed by atoms with E-state index in [0.29, 0.717) is 10.6 Å². The predicted molar refractivity (Wildman–Crippen MR) is 77.0 cm³/mol. The number of hydrogen-bond acceptors (Lipinski definition) is 4. The van der Waals surface area contributed by atoms with Crippen LogP contribution in [0, 0.1) is 6.92 Å². The third kappa shape index (κ3) is 2.93. The molecule has 0 saturated heterocycles. The van der Waals surface area contributed by atoms with Crippen LogP contribution < -0.4 is 5.32 Å². The van der Waals surface area contributed by atoms with E-state index in [0.717, 1.165) is 10.7 Å². The summed E-state index contributed by atoms with van der Waals surface area (Å²) in [5.74, 6) is 0.0223. The normalized spacial score (nSPS) is 10.7. The number of amides is 1. The summed E-state index contributed by atoms with van der Waals surface area (Å²) in [5.41, 5.74) is 1.21. The second-order valence-electron chi connectivity index (χ2n) is 4.57. The fourth-order valence-electron chi connectivity index (χ4n) is 1.76. The maximum absolute atomic E-state index is 12.3. The Morgan fingerprint density at radius 3 is 2.68 bits per heavy atom. The van der Waals surface area contributed by atoms with Gasteiger partial charge in [0.15, 0.2) is 0 Å². The molecule has 2 N–H and O–H groups in total. The van der Waals surface area contributed by atoms with Gasteiger partial charge in [0, 0.05) is 0 Å². The van der Waals surface area contributed by atoms with Crippen molar-refractivity contribution >= 4 is 22.9 Å². The van der Waals surface area contributed by atoms with Gasteiger partial charge in [-0.3, -0.25) is 4.79 Å². The minimum Gasteiger partial charge on any atom is -0.506 e. The van der Waals surface area contributed by atoms with Crippen molar-refractivity contribution < 1.29 is 9.90 Å². The van der Waals surface area contributed by atoms with Crippen LogP contribution in [0.25, 0.3) is 0 Å². The van der Waals surface area contributed by atoms with Crippen molar-refractivity contribution in [2.45, 2.75) is 26.7 Å². The average molecular weight is 276 g/mol. The summed E-state index contributed by atoms with van der Waals surface area (Å²) in [6.45, 7) is 5.89. The number of carbonyl (C=O) groups excluding carboxylic acids is 1. The second-order valence-corrected chi connectivity index (χ2v) is 5.78. The fourth-order valence-corrected chi connectivity index (χ4v) is 2.72. The summed E-state index contributed by atoms with van der Waals surface area (Å²) in [4.78, 5) is 17.3. The number of nitrogens with zero attached hydrogens (tertiary/aromatic N) is 1. The summed E-state index contributed by atoms with van der Waals surface area (Å²) >= 11 is 1.37. The van der Waals surface area contributed by atoms with E-state index < -0.39 is 0 Å². The Bertz CT molecular complexity index is 605. The van der Waals surface area contributed by atoms with Crippen molar-refractivity contribution in [1.29, 1.82) is 0 Å². The number of aromatic hydroxyl groups is 1. The lowest BCUT2D eigenvalue weighted by Gasteiger charge is -2.08. The Morgan fingerprint density at radius 2 is 2.05 bits per heavy atom. The van der Waals surface area contributed by atoms with Crippen LogP contribution in [0.15, 0.2) is 24.3 Å². The highest BCUT2D eigenvalue weighted by Crippen LogP contribution is 2.27. The molecule has 0 bridgehead atoms. The van der Waals surface area contributed by atoms with Crippen molar-refractivity contribution in [2.24, 2.45) is 0 Å². The number of aromatic nitrogens is 1. The molecule has 100 valence electrons. The first kappa shape index (κ1) is 13.5. The number of benzene rings is 1. The van der Waals surface area contributed by atoms with Gasteiger partial charge in [-0.05, 0) is 25.0 Å². The van der Waals surface area contributed by atoms with E-state index in [2.05, 4.69) is 10.3 Å². The zero-order valence-corrected chi connectivity index (χ0v) is 11.9. The SMILES string of the molecule is Cc1nc(C(C)C)c(C(=O)Nc2ccccc2O)s1. The molecule has 4 nitrogen and oxygen atoms in total. The fraction of sp³-hybridized carbons (Fsp3) is 0.286. The lowest BCUT2D eigenvalue weighted by atomic mass is 10.1. The molecule has 5 heteroatoms. The van der Waals surface area contributed by atoms with Crippen molar-refractivity contribution in [3.8, 4) is 5.75 Å². The van der Waals surface area contributed by atoms with Crippen LogP contribution in [0.5, 0.6) is 5.75 Å². The van der Waals surface area contributed by atoms with Gasteiger partial charge in [0.25, 0.3) is 5.91 Å². The van der Waals surface area contributed by atoms with E-state index in [-0.39, 0.29) is 17.6 Å². The second kappa shape index (κ2) is 5.40. The molecule has 1 amide bonds.